The molecule has 0 atom stereocenters. The fourth-order valence-corrected chi connectivity index (χ4v) is 1.54. The first-order valence-corrected chi connectivity index (χ1v) is 5.48. The lowest BCUT2D eigenvalue weighted by atomic mass is 10.1. The maximum Gasteiger partial charge on any atom is 0.118 e. The molecule has 0 spiro atoms. The van der Waals surface area contributed by atoms with Crippen LogP contribution in [0.1, 0.15) is 24.8 Å². The van der Waals surface area contributed by atoms with Crippen LogP contribution in [0.2, 0.25) is 0 Å². The topological polar surface area (TPSA) is 18.5 Å². The minimum absolute atomic E-state index is 0.878. The van der Waals surface area contributed by atoms with Crippen LogP contribution in [0.15, 0.2) is 24.3 Å². The van der Waals surface area contributed by atoms with E-state index in [-0.39, 0.29) is 0 Å². The van der Waals surface area contributed by atoms with Crippen molar-refractivity contribution < 1.29 is 9.47 Å². The highest BCUT2D eigenvalue weighted by molar-refractivity contribution is 5.27. The van der Waals surface area contributed by atoms with Gasteiger partial charge in [-0.1, -0.05) is 18.6 Å². The summed E-state index contributed by atoms with van der Waals surface area (Å²) >= 11 is 0. The number of hydrogen-bond donors (Lipinski definition) is 0. The highest BCUT2D eigenvalue weighted by Crippen LogP contribution is 2.13. The molecule has 2 heteroatoms. The van der Waals surface area contributed by atoms with Crippen LogP contribution >= 0.6 is 0 Å². The molecule has 0 saturated heterocycles. The first-order chi connectivity index (χ1) is 7.36. The second-order valence-electron chi connectivity index (χ2n) is 3.65. The molecular formula is C13H20O2. The Morgan fingerprint density at radius 3 is 2.27 bits per heavy atom. The highest BCUT2D eigenvalue weighted by Gasteiger charge is 1.95. The summed E-state index contributed by atoms with van der Waals surface area (Å²) in [7, 11) is 3.45. The summed E-state index contributed by atoms with van der Waals surface area (Å²) in [5, 5.41) is 0. The molecule has 0 aromatic heterocycles. The second kappa shape index (κ2) is 7.30. The van der Waals surface area contributed by atoms with Crippen LogP contribution in [0.5, 0.6) is 5.75 Å². The minimum Gasteiger partial charge on any atom is -0.497 e. The normalized spacial score (nSPS) is 10.3. The Labute approximate surface area is 92.2 Å². The molecule has 2 nitrogen and oxygen atoms in total. The van der Waals surface area contributed by atoms with Crippen LogP contribution in [0.3, 0.4) is 0 Å². The lowest BCUT2D eigenvalue weighted by Crippen LogP contribution is -1.91. The summed E-state index contributed by atoms with van der Waals surface area (Å²) in [6.45, 7) is 0.878. The summed E-state index contributed by atoms with van der Waals surface area (Å²) in [5.41, 5.74) is 1.38. The van der Waals surface area contributed by atoms with Gasteiger partial charge in [0.25, 0.3) is 0 Å². The van der Waals surface area contributed by atoms with Crippen LogP contribution in [0.4, 0.5) is 0 Å². The quantitative estimate of drug-likeness (QED) is 0.641. The lowest BCUT2D eigenvalue weighted by molar-refractivity contribution is 0.192. The van der Waals surface area contributed by atoms with E-state index in [1.807, 2.05) is 12.1 Å². The number of ether oxygens (including phenoxy) is 2. The predicted octanol–water partition coefficient (Wildman–Crippen LogP) is 3.05. The number of rotatable bonds is 7. The second-order valence-corrected chi connectivity index (χ2v) is 3.65. The van der Waals surface area contributed by atoms with Crippen LogP contribution in [0.25, 0.3) is 0 Å². The largest absolute Gasteiger partial charge is 0.497 e. The third-order valence-corrected chi connectivity index (χ3v) is 2.47. The van der Waals surface area contributed by atoms with Crippen molar-refractivity contribution in [1.82, 2.24) is 0 Å². The minimum atomic E-state index is 0.878. The molecule has 0 N–H and O–H groups in total. The van der Waals surface area contributed by atoms with Gasteiger partial charge in [-0.2, -0.15) is 0 Å². The van der Waals surface area contributed by atoms with E-state index in [1.165, 1.54) is 18.4 Å². The number of benzene rings is 1. The van der Waals surface area contributed by atoms with Gasteiger partial charge in [0.2, 0.25) is 0 Å². The van der Waals surface area contributed by atoms with Crippen LogP contribution in [-0.4, -0.2) is 20.8 Å². The number of methoxy groups -OCH3 is 2. The summed E-state index contributed by atoms with van der Waals surface area (Å²) in [6.07, 6.45) is 4.77. The van der Waals surface area contributed by atoms with Crippen molar-refractivity contribution in [3.63, 3.8) is 0 Å². The van der Waals surface area contributed by atoms with Crippen molar-refractivity contribution in [2.24, 2.45) is 0 Å². The van der Waals surface area contributed by atoms with Crippen molar-refractivity contribution in [3.8, 4) is 5.75 Å². The Bertz CT molecular complexity index is 254. The van der Waals surface area contributed by atoms with Gasteiger partial charge in [0, 0.05) is 13.7 Å². The molecule has 84 valence electrons. The van der Waals surface area contributed by atoms with E-state index in [1.54, 1.807) is 14.2 Å². The van der Waals surface area contributed by atoms with Gasteiger partial charge in [-0.3, -0.25) is 0 Å². The summed E-state index contributed by atoms with van der Waals surface area (Å²) in [6, 6.07) is 8.30. The molecular weight excluding hydrogens is 188 g/mol. The molecule has 0 unspecified atom stereocenters. The third kappa shape index (κ3) is 4.84. The Morgan fingerprint density at radius 2 is 1.67 bits per heavy atom. The Balaban J connectivity index is 2.20. The van der Waals surface area contributed by atoms with E-state index >= 15 is 0 Å². The van der Waals surface area contributed by atoms with Crippen LogP contribution in [0, 0.1) is 0 Å². The van der Waals surface area contributed by atoms with Crippen molar-refractivity contribution in [3.05, 3.63) is 29.8 Å². The van der Waals surface area contributed by atoms with Gasteiger partial charge < -0.3 is 9.47 Å². The molecule has 0 aliphatic heterocycles. The van der Waals surface area contributed by atoms with Gasteiger partial charge in [-0.05, 0) is 37.0 Å². The average Bonchev–Trinajstić information content (AvgIpc) is 2.30. The Morgan fingerprint density at radius 1 is 0.933 bits per heavy atom. The maximum atomic E-state index is 5.11. The zero-order chi connectivity index (χ0) is 10.9. The van der Waals surface area contributed by atoms with E-state index in [0.717, 1.165) is 25.2 Å². The standard InChI is InChI=1S/C13H20O2/c1-14-11-5-3-4-6-12-7-9-13(15-2)10-8-12/h7-10H,3-6,11H2,1-2H3. The van der Waals surface area contributed by atoms with Crippen LogP contribution < -0.4 is 4.74 Å². The van der Waals surface area contributed by atoms with Gasteiger partial charge in [-0.25, -0.2) is 0 Å². The Hall–Kier alpha value is -1.02. The molecule has 0 fully saturated rings. The molecule has 15 heavy (non-hydrogen) atoms. The molecule has 0 saturated carbocycles. The van der Waals surface area contributed by atoms with Crippen molar-refractivity contribution in [2.45, 2.75) is 25.7 Å². The zero-order valence-electron chi connectivity index (χ0n) is 9.66. The molecule has 0 heterocycles. The molecule has 1 aromatic rings. The first kappa shape index (κ1) is 12.1. The zero-order valence-corrected chi connectivity index (χ0v) is 9.66. The predicted molar refractivity (Wildman–Crippen MR) is 62.4 cm³/mol. The number of aryl methyl sites for hydroxylation is 1. The maximum absolute atomic E-state index is 5.11. The molecule has 1 aromatic carbocycles. The van der Waals surface area contributed by atoms with Crippen molar-refractivity contribution in [1.29, 1.82) is 0 Å². The van der Waals surface area contributed by atoms with Gasteiger partial charge in [-0.15, -0.1) is 0 Å². The monoisotopic (exact) mass is 208 g/mol. The van der Waals surface area contributed by atoms with Crippen molar-refractivity contribution in [2.75, 3.05) is 20.8 Å². The number of hydrogen-bond acceptors (Lipinski definition) is 2. The molecule has 0 amide bonds. The number of unbranched alkanes of at least 4 members (excludes halogenated alkanes) is 2. The van der Waals surface area contributed by atoms with E-state index < -0.39 is 0 Å². The molecule has 0 aliphatic carbocycles. The van der Waals surface area contributed by atoms with E-state index in [2.05, 4.69) is 12.1 Å². The smallest absolute Gasteiger partial charge is 0.118 e. The van der Waals surface area contributed by atoms with Gasteiger partial charge in [0.1, 0.15) is 5.75 Å². The van der Waals surface area contributed by atoms with Gasteiger partial charge in [0.15, 0.2) is 0 Å². The summed E-state index contributed by atoms with van der Waals surface area (Å²) in [4.78, 5) is 0. The molecule has 0 aliphatic rings. The summed E-state index contributed by atoms with van der Waals surface area (Å²) < 4.78 is 10.1. The van der Waals surface area contributed by atoms with Crippen LogP contribution in [-0.2, 0) is 11.2 Å². The molecule has 1 rings (SSSR count). The molecule has 0 bridgehead atoms. The SMILES string of the molecule is COCCCCCc1ccc(OC)cc1. The van der Waals surface area contributed by atoms with E-state index in [0.29, 0.717) is 0 Å². The fourth-order valence-electron chi connectivity index (χ4n) is 1.54. The van der Waals surface area contributed by atoms with E-state index in [4.69, 9.17) is 9.47 Å². The average molecular weight is 208 g/mol. The van der Waals surface area contributed by atoms with Gasteiger partial charge >= 0.3 is 0 Å². The van der Waals surface area contributed by atoms with Crippen molar-refractivity contribution >= 4 is 0 Å². The highest BCUT2D eigenvalue weighted by atomic mass is 16.5. The molecule has 0 radical (unpaired) electrons. The third-order valence-electron chi connectivity index (χ3n) is 2.47. The van der Waals surface area contributed by atoms with E-state index in [9.17, 15) is 0 Å². The van der Waals surface area contributed by atoms with Gasteiger partial charge in [0.05, 0.1) is 7.11 Å². The summed E-state index contributed by atoms with van der Waals surface area (Å²) in [5.74, 6) is 0.929. The lowest BCUT2D eigenvalue weighted by Gasteiger charge is -2.03. The fraction of sp³-hybridized carbons (Fsp3) is 0.538. The Kier molecular flexibility index (Phi) is 5.86. The first-order valence-electron chi connectivity index (χ1n) is 5.48.